The molecule has 0 unspecified atom stereocenters. The van der Waals surface area contributed by atoms with Crippen LogP contribution in [0.3, 0.4) is 0 Å². The van der Waals surface area contributed by atoms with E-state index < -0.39 is 0 Å². The van der Waals surface area contributed by atoms with Gasteiger partial charge in [0.25, 0.3) is 0 Å². The molecule has 10 heteroatoms. The molecule has 3 aromatic carbocycles. The number of fused-ring (bicyclic) bond motifs is 1. The van der Waals surface area contributed by atoms with Gasteiger partial charge in [0, 0.05) is 31.9 Å². The molecule has 0 fully saturated rings. The molecule has 4 rings (SSSR count). The molecule has 0 spiro atoms. The van der Waals surface area contributed by atoms with Crippen LogP contribution in [0, 0.1) is 0 Å². The summed E-state index contributed by atoms with van der Waals surface area (Å²) in [5, 5.41) is 38.8. The Morgan fingerprint density at radius 3 is 1.56 bits per heavy atom. The van der Waals surface area contributed by atoms with Gasteiger partial charge in [0.15, 0.2) is 11.6 Å². The predicted molar refractivity (Wildman–Crippen MR) is 128 cm³/mol. The molecule has 0 bridgehead atoms. The van der Waals surface area contributed by atoms with Gasteiger partial charge in [0.05, 0.1) is 12.4 Å². The summed E-state index contributed by atoms with van der Waals surface area (Å²) < 4.78 is 0. The summed E-state index contributed by atoms with van der Waals surface area (Å²) in [5.74, 6) is 0.943. The van der Waals surface area contributed by atoms with Gasteiger partial charge in [-0.1, -0.05) is 47.5 Å². The molecule has 0 aliphatic rings. The van der Waals surface area contributed by atoms with Crippen LogP contribution in [0.25, 0.3) is 10.8 Å². The summed E-state index contributed by atoms with van der Waals surface area (Å²) in [6, 6.07) is 16.8. The smallest absolute Gasteiger partial charge is 0.176 e. The summed E-state index contributed by atoms with van der Waals surface area (Å²) in [5.41, 5.74) is 6.58. The molecule has 8 nitrogen and oxygen atoms in total. The highest BCUT2D eigenvalue weighted by molar-refractivity contribution is 6.31. The van der Waals surface area contributed by atoms with Crippen molar-refractivity contribution in [2.75, 3.05) is 10.9 Å². The van der Waals surface area contributed by atoms with Crippen LogP contribution < -0.4 is 10.9 Å². The van der Waals surface area contributed by atoms with Crippen molar-refractivity contribution in [3.05, 3.63) is 81.8 Å². The van der Waals surface area contributed by atoms with Crippen molar-refractivity contribution in [3.63, 3.8) is 0 Å². The van der Waals surface area contributed by atoms with Crippen molar-refractivity contribution >= 4 is 58.0 Å². The number of phenolic OH excluding ortho intramolecular Hbond substituents is 2. The minimum Gasteiger partial charge on any atom is -0.507 e. The number of hydrazone groups is 2. The quantitative estimate of drug-likeness (QED) is 0.228. The maximum atomic E-state index is 9.89. The Morgan fingerprint density at radius 1 is 0.688 bits per heavy atom. The highest BCUT2D eigenvalue weighted by Gasteiger charge is 2.08. The molecule has 0 amide bonds. The Hall–Kier alpha value is -3.88. The third kappa shape index (κ3) is 4.88. The van der Waals surface area contributed by atoms with Crippen molar-refractivity contribution < 1.29 is 10.2 Å². The monoisotopic (exact) mass is 466 g/mol. The lowest BCUT2D eigenvalue weighted by molar-refractivity contribution is 0.474. The molecule has 0 saturated carbocycles. The highest BCUT2D eigenvalue weighted by Crippen LogP contribution is 2.26. The largest absolute Gasteiger partial charge is 0.507 e. The van der Waals surface area contributed by atoms with E-state index >= 15 is 0 Å². The number of benzene rings is 3. The van der Waals surface area contributed by atoms with Gasteiger partial charge in [-0.15, -0.1) is 10.2 Å². The summed E-state index contributed by atoms with van der Waals surface area (Å²) >= 11 is 11.9. The first kappa shape index (κ1) is 21.4. The SMILES string of the molecule is Oc1ccc(Cl)cc1C=NNc1nnc(NN=Cc2cc(Cl)ccc2O)c2ccccc12. The van der Waals surface area contributed by atoms with Crippen LogP contribution in [-0.4, -0.2) is 32.8 Å². The van der Waals surface area contributed by atoms with E-state index in [1.54, 1.807) is 24.3 Å². The molecule has 0 aliphatic carbocycles. The molecule has 32 heavy (non-hydrogen) atoms. The fraction of sp³-hybridized carbons (Fsp3) is 0. The highest BCUT2D eigenvalue weighted by atomic mass is 35.5. The van der Waals surface area contributed by atoms with Gasteiger partial charge in [-0.2, -0.15) is 10.2 Å². The molecular weight excluding hydrogens is 451 g/mol. The van der Waals surface area contributed by atoms with Crippen LogP contribution >= 0.6 is 23.2 Å². The van der Waals surface area contributed by atoms with Crippen LogP contribution in [0.5, 0.6) is 11.5 Å². The van der Waals surface area contributed by atoms with E-state index in [4.69, 9.17) is 23.2 Å². The topological polar surface area (TPSA) is 115 Å². The van der Waals surface area contributed by atoms with Gasteiger partial charge < -0.3 is 10.2 Å². The second-order valence-electron chi connectivity index (χ2n) is 6.59. The van der Waals surface area contributed by atoms with Crippen LogP contribution in [0.1, 0.15) is 11.1 Å². The summed E-state index contributed by atoms with van der Waals surface area (Å²) in [7, 11) is 0. The van der Waals surface area contributed by atoms with Crippen molar-refractivity contribution in [3.8, 4) is 11.5 Å². The lowest BCUT2D eigenvalue weighted by atomic mass is 10.2. The Balaban J connectivity index is 1.56. The van der Waals surface area contributed by atoms with E-state index in [2.05, 4.69) is 31.3 Å². The van der Waals surface area contributed by atoms with Crippen LogP contribution in [0.2, 0.25) is 10.0 Å². The Labute approximate surface area is 192 Å². The van der Waals surface area contributed by atoms with Crippen molar-refractivity contribution in [1.82, 2.24) is 10.2 Å². The Bertz CT molecular complexity index is 1240. The number of nitrogens with zero attached hydrogens (tertiary/aromatic N) is 4. The van der Waals surface area contributed by atoms with Crippen molar-refractivity contribution in [2.24, 2.45) is 10.2 Å². The normalized spacial score (nSPS) is 11.4. The summed E-state index contributed by atoms with van der Waals surface area (Å²) in [4.78, 5) is 0. The van der Waals surface area contributed by atoms with Crippen LogP contribution in [0.15, 0.2) is 70.9 Å². The van der Waals surface area contributed by atoms with E-state index in [1.807, 2.05) is 24.3 Å². The molecule has 0 radical (unpaired) electrons. The second-order valence-corrected chi connectivity index (χ2v) is 7.46. The van der Waals surface area contributed by atoms with E-state index in [1.165, 1.54) is 24.6 Å². The van der Waals surface area contributed by atoms with Gasteiger partial charge in [-0.05, 0) is 36.4 Å². The first-order valence-corrected chi connectivity index (χ1v) is 10.1. The zero-order chi connectivity index (χ0) is 22.5. The number of rotatable bonds is 6. The zero-order valence-corrected chi connectivity index (χ0v) is 17.9. The van der Waals surface area contributed by atoms with Gasteiger partial charge in [-0.3, -0.25) is 10.9 Å². The standard InChI is InChI=1S/C22H16Cl2N6O2/c23-15-5-7-19(31)13(9-15)11-25-27-21-17-3-1-2-4-18(17)22(30-29-21)28-26-12-14-10-16(24)6-8-20(14)32/h1-12,31-32H,(H,27,29)(H,28,30). The number of aromatic nitrogens is 2. The average Bonchev–Trinajstić information content (AvgIpc) is 2.79. The van der Waals surface area contributed by atoms with E-state index in [-0.39, 0.29) is 11.5 Å². The summed E-state index contributed by atoms with van der Waals surface area (Å²) in [6.07, 6.45) is 2.87. The first-order valence-electron chi connectivity index (χ1n) is 9.32. The van der Waals surface area contributed by atoms with Crippen molar-refractivity contribution in [2.45, 2.75) is 0 Å². The fourth-order valence-corrected chi connectivity index (χ4v) is 3.21. The molecule has 4 N–H and O–H groups in total. The Kier molecular flexibility index (Phi) is 6.34. The number of nitrogens with one attached hydrogen (secondary N) is 2. The number of hydrogen-bond acceptors (Lipinski definition) is 8. The third-order valence-corrected chi connectivity index (χ3v) is 4.88. The third-order valence-electron chi connectivity index (χ3n) is 4.41. The molecule has 0 atom stereocenters. The van der Waals surface area contributed by atoms with Crippen LogP contribution in [-0.2, 0) is 0 Å². The number of hydrogen-bond donors (Lipinski definition) is 4. The number of halogens is 2. The van der Waals surface area contributed by atoms with Gasteiger partial charge in [0.2, 0.25) is 0 Å². The lowest BCUT2D eigenvalue weighted by Crippen LogP contribution is -2.01. The second kappa shape index (κ2) is 9.51. The molecular formula is C22H16Cl2N6O2. The molecule has 0 saturated heterocycles. The minimum absolute atomic E-state index is 0.0547. The zero-order valence-electron chi connectivity index (χ0n) is 16.4. The van der Waals surface area contributed by atoms with Gasteiger partial charge in [0.1, 0.15) is 11.5 Å². The number of aromatic hydroxyl groups is 2. The summed E-state index contributed by atoms with van der Waals surface area (Å²) in [6.45, 7) is 0. The van der Waals surface area contributed by atoms with Gasteiger partial charge >= 0.3 is 0 Å². The lowest BCUT2D eigenvalue weighted by Gasteiger charge is -2.08. The molecule has 1 heterocycles. The number of phenols is 2. The van der Waals surface area contributed by atoms with E-state index in [0.29, 0.717) is 32.8 Å². The first-order chi connectivity index (χ1) is 15.5. The van der Waals surface area contributed by atoms with E-state index in [9.17, 15) is 10.2 Å². The molecule has 0 aliphatic heterocycles. The molecule has 1 aromatic heterocycles. The van der Waals surface area contributed by atoms with E-state index in [0.717, 1.165) is 10.8 Å². The minimum atomic E-state index is 0.0547. The Morgan fingerprint density at radius 2 is 1.12 bits per heavy atom. The maximum absolute atomic E-state index is 9.89. The maximum Gasteiger partial charge on any atom is 0.176 e. The number of anilines is 2. The molecule has 160 valence electrons. The van der Waals surface area contributed by atoms with Crippen molar-refractivity contribution in [1.29, 1.82) is 0 Å². The fourth-order valence-electron chi connectivity index (χ4n) is 2.85. The molecule has 4 aromatic rings. The average molecular weight is 467 g/mol. The van der Waals surface area contributed by atoms with Gasteiger partial charge in [-0.25, -0.2) is 0 Å². The van der Waals surface area contributed by atoms with Crippen LogP contribution in [0.4, 0.5) is 11.6 Å². The predicted octanol–water partition coefficient (Wildman–Crippen LogP) is 5.24.